The third-order valence-corrected chi connectivity index (χ3v) is 4.37. The van der Waals surface area contributed by atoms with E-state index in [-0.39, 0.29) is 5.46 Å². The summed E-state index contributed by atoms with van der Waals surface area (Å²) in [5, 5.41) is 19.3. The van der Waals surface area contributed by atoms with Crippen molar-refractivity contribution in [1.82, 2.24) is 0 Å². The van der Waals surface area contributed by atoms with Gasteiger partial charge in [-0.3, -0.25) is 0 Å². The Kier molecular flexibility index (Phi) is 5.35. The highest BCUT2D eigenvalue weighted by Gasteiger charge is 2.13. The van der Waals surface area contributed by atoms with Crippen LogP contribution in [-0.4, -0.2) is 17.2 Å². The molecule has 0 atom stereocenters. The number of rotatable bonds is 4. The largest absolute Gasteiger partial charge is 0.488 e. The molecule has 0 aliphatic rings. The summed E-state index contributed by atoms with van der Waals surface area (Å²) in [5.74, 6) is -0.0687. The minimum absolute atomic E-state index is 0.123. The van der Waals surface area contributed by atoms with Crippen LogP contribution in [0.3, 0.4) is 0 Å². The zero-order valence-corrected chi connectivity index (χ0v) is 12.5. The summed E-state index contributed by atoms with van der Waals surface area (Å²) in [6.45, 7) is 0. The van der Waals surface area contributed by atoms with E-state index in [1.54, 1.807) is 24.3 Å². The summed E-state index contributed by atoms with van der Waals surface area (Å²) < 4.78 is 13.4. The highest BCUT2D eigenvalue weighted by Crippen LogP contribution is 2.31. The first kappa shape index (κ1) is 15.7. The fourth-order valence-corrected chi connectivity index (χ4v) is 3.08. The van der Waals surface area contributed by atoms with Crippen molar-refractivity contribution in [3.63, 3.8) is 0 Å². The third-order valence-electron chi connectivity index (χ3n) is 2.57. The maximum Gasteiger partial charge on any atom is 0.488 e. The molecular weight excluding hydrogens is 321 g/mol. The smallest absolute Gasteiger partial charge is 0.423 e. The molecule has 0 saturated heterocycles. The monoisotopic (exact) mass is 330 g/mol. The van der Waals surface area contributed by atoms with Gasteiger partial charge in [0.2, 0.25) is 0 Å². The van der Waals surface area contributed by atoms with Crippen LogP contribution in [0.25, 0.3) is 0 Å². The molecule has 2 aromatic carbocycles. The summed E-state index contributed by atoms with van der Waals surface area (Å²) in [6, 6.07) is 9.09. The maximum atomic E-state index is 13.4. The molecule has 2 aromatic rings. The second-order valence-corrected chi connectivity index (χ2v) is 5.99. The van der Waals surface area contributed by atoms with E-state index < -0.39 is 12.9 Å². The average molecular weight is 331 g/mol. The molecule has 0 fully saturated rings. The van der Waals surface area contributed by atoms with Gasteiger partial charge in [0, 0.05) is 15.7 Å². The lowest BCUT2D eigenvalue weighted by molar-refractivity contribution is 0.425. The van der Waals surface area contributed by atoms with Crippen molar-refractivity contribution in [2.45, 2.75) is 10.6 Å². The quantitative estimate of drug-likeness (QED) is 0.668. The van der Waals surface area contributed by atoms with Gasteiger partial charge in [-0.1, -0.05) is 29.3 Å². The molecule has 0 bridgehead atoms. The lowest BCUT2D eigenvalue weighted by Crippen LogP contribution is -2.30. The van der Waals surface area contributed by atoms with Crippen LogP contribution in [0.5, 0.6) is 0 Å². The van der Waals surface area contributed by atoms with Gasteiger partial charge in [-0.25, -0.2) is 4.39 Å². The molecule has 0 aliphatic heterocycles. The van der Waals surface area contributed by atoms with Gasteiger partial charge in [-0.05, 0) is 41.4 Å². The van der Waals surface area contributed by atoms with Crippen LogP contribution in [0.4, 0.5) is 4.39 Å². The number of benzene rings is 2. The maximum absolute atomic E-state index is 13.4. The summed E-state index contributed by atoms with van der Waals surface area (Å²) in [5.41, 5.74) is 0.756. The van der Waals surface area contributed by atoms with Crippen LogP contribution < -0.4 is 5.46 Å². The molecule has 0 heterocycles. The molecule has 2 rings (SSSR count). The summed E-state index contributed by atoms with van der Waals surface area (Å²) in [7, 11) is -1.69. The number of hydrogen-bond donors (Lipinski definition) is 2. The van der Waals surface area contributed by atoms with Crippen LogP contribution in [-0.2, 0) is 5.75 Å². The number of hydrogen-bond acceptors (Lipinski definition) is 3. The van der Waals surface area contributed by atoms with Crippen molar-refractivity contribution in [2.75, 3.05) is 0 Å². The van der Waals surface area contributed by atoms with Crippen molar-refractivity contribution in [3.8, 4) is 0 Å². The topological polar surface area (TPSA) is 40.5 Å². The Labute approximate surface area is 130 Å². The fourth-order valence-electron chi connectivity index (χ4n) is 1.66. The van der Waals surface area contributed by atoms with Gasteiger partial charge in [-0.15, -0.1) is 11.8 Å². The van der Waals surface area contributed by atoms with Crippen LogP contribution in [0, 0.1) is 5.82 Å². The zero-order chi connectivity index (χ0) is 14.7. The SMILES string of the molecule is OB(O)c1cc(F)cc(CSc2cc(Cl)ccc2Cl)c1. The molecule has 0 saturated carbocycles. The van der Waals surface area contributed by atoms with E-state index in [0.29, 0.717) is 21.4 Å². The van der Waals surface area contributed by atoms with Crippen LogP contribution in [0.15, 0.2) is 41.3 Å². The fraction of sp³-hybridized carbons (Fsp3) is 0.0769. The molecule has 0 spiro atoms. The van der Waals surface area contributed by atoms with E-state index in [9.17, 15) is 4.39 Å². The minimum Gasteiger partial charge on any atom is -0.423 e. The van der Waals surface area contributed by atoms with Crippen LogP contribution in [0.2, 0.25) is 10.0 Å². The average Bonchev–Trinajstić information content (AvgIpc) is 2.39. The molecule has 2 N–H and O–H groups in total. The molecule has 7 heteroatoms. The van der Waals surface area contributed by atoms with Gasteiger partial charge < -0.3 is 10.0 Å². The highest BCUT2D eigenvalue weighted by molar-refractivity contribution is 7.98. The Balaban J connectivity index is 2.16. The Hall–Kier alpha value is -0.715. The molecule has 0 unspecified atom stereocenters. The molecule has 0 amide bonds. The van der Waals surface area contributed by atoms with Crippen LogP contribution >= 0.6 is 35.0 Å². The first-order valence-electron chi connectivity index (χ1n) is 5.69. The van der Waals surface area contributed by atoms with Crippen molar-refractivity contribution in [1.29, 1.82) is 0 Å². The van der Waals surface area contributed by atoms with Gasteiger partial charge in [0.05, 0.1) is 5.02 Å². The Morgan fingerprint density at radius 2 is 1.85 bits per heavy atom. The van der Waals surface area contributed by atoms with E-state index in [4.69, 9.17) is 33.2 Å². The van der Waals surface area contributed by atoms with Gasteiger partial charge in [0.1, 0.15) is 5.82 Å². The van der Waals surface area contributed by atoms with Crippen molar-refractivity contribution >= 4 is 47.5 Å². The summed E-state index contributed by atoms with van der Waals surface area (Å²) in [4.78, 5) is 0.787. The lowest BCUT2D eigenvalue weighted by Gasteiger charge is -2.07. The van der Waals surface area contributed by atoms with Gasteiger partial charge in [0.15, 0.2) is 0 Å². The van der Waals surface area contributed by atoms with Gasteiger partial charge >= 0.3 is 7.12 Å². The van der Waals surface area contributed by atoms with E-state index in [2.05, 4.69) is 0 Å². The van der Waals surface area contributed by atoms with E-state index >= 15 is 0 Å². The molecule has 104 valence electrons. The molecular formula is C13H10BCl2FO2S. The van der Waals surface area contributed by atoms with E-state index in [1.807, 2.05) is 0 Å². The van der Waals surface area contributed by atoms with Crippen molar-refractivity contribution in [2.24, 2.45) is 0 Å². The molecule has 20 heavy (non-hydrogen) atoms. The second-order valence-electron chi connectivity index (χ2n) is 4.13. The first-order chi connectivity index (χ1) is 9.45. The van der Waals surface area contributed by atoms with Gasteiger partial charge in [-0.2, -0.15) is 0 Å². The zero-order valence-electron chi connectivity index (χ0n) is 10.2. The predicted octanol–water partition coefficient (Wildman–Crippen LogP) is 3.10. The lowest BCUT2D eigenvalue weighted by atomic mass is 9.79. The van der Waals surface area contributed by atoms with Gasteiger partial charge in [0.25, 0.3) is 0 Å². The summed E-state index contributed by atoms with van der Waals surface area (Å²) >= 11 is 13.3. The Morgan fingerprint density at radius 1 is 1.10 bits per heavy atom. The standard InChI is InChI=1S/C13H10BCl2FO2S/c15-10-1-2-12(16)13(6-10)20-7-8-3-9(14(18)19)5-11(17)4-8/h1-6,18-19H,7H2. The molecule has 0 radical (unpaired) electrons. The normalized spacial score (nSPS) is 10.7. The Morgan fingerprint density at radius 3 is 2.55 bits per heavy atom. The minimum atomic E-state index is -1.69. The Bertz CT molecular complexity index is 625. The number of halogens is 3. The number of thioether (sulfide) groups is 1. The van der Waals surface area contributed by atoms with Crippen LogP contribution in [0.1, 0.15) is 5.56 Å². The first-order valence-corrected chi connectivity index (χ1v) is 7.43. The van der Waals surface area contributed by atoms with E-state index in [1.165, 1.54) is 17.8 Å². The highest BCUT2D eigenvalue weighted by atomic mass is 35.5. The third kappa shape index (κ3) is 4.14. The molecule has 0 aromatic heterocycles. The second kappa shape index (κ2) is 6.83. The molecule has 2 nitrogen and oxygen atoms in total. The predicted molar refractivity (Wildman–Crippen MR) is 82.2 cm³/mol. The van der Waals surface area contributed by atoms with E-state index in [0.717, 1.165) is 11.0 Å². The van der Waals surface area contributed by atoms with Crippen molar-refractivity contribution < 1.29 is 14.4 Å². The summed E-state index contributed by atoms with van der Waals surface area (Å²) in [6.07, 6.45) is 0. The van der Waals surface area contributed by atoms with Crippen molar-refractivity contribution in [3.05, 3.63) is 57.8 Å². The molecule has 0 aliphatic carbocycles.